The van der Waals surface area contributed by atoms with Crippen molar-refractivity contribution in [3.05, 3.63) is 40.6 Å². The van der Waals surface area contributed by atoms with Crippen LogP contribution in [0, 0.1) is 0 Å². The van der Waals surface area contributed by atoms with Crippen LogP contribution in [0.3, 0.4) is 0 Å². The Morgan fingerprint density at radius 2 is 2.30 bits per heavy atom. The van der Waals surface area contributed by atoms with Crippen LogP contribution in [0.1, 0.15) is 21.8 Å². The van der Waals surface area contributed by atoms with E-state index in [0.29, 0.717) is 12.1 Å². The molecule has 2 aromatic rings. The van der Waals surface area contributed by atoms with Crippen LogP contribution < -0.4 is 10.00 Å². The smallest absolute Gasteiger partial charge is 0.309 e. The zero-order valence-electron chi connectivity index (χ0n) is 10.5. The number of thiazole rings is 1. The number of amides is 1. The number of carboxylic acid groups (broad SMARTS) is 1. The molecule has 8 heteroatoms. The van der Waals surface area contributed by atoms with Crippen LogP contribution in [0.2, 0.25) is 0 Å². The molecule has 0 aliphatic carbocycles. The van der Waals surface area contributed by atoms with Gasteiger partial charge in [0.2, 0.25) is 0 Å². The van der Waals surface area contributed by atoms with Gasteiger partial charge in [0.15, 0.2) is 12.7 Å². The zero-order chi connectivity index (χ0) is 14.4. The van der Waals surface area contributed by atoms with E-state index >= 15 is 0 Å². The Morgan fingerprint density at radius 1 is 1.45 bits per heavy atom. The number of nitrogens with one attached hydrogen (secondary N) is 1. The van der Waals surface area contributed by atoms with Gasteiger partial charge in [-0.1, -0.05) is 4.68 Å². The van der Waals surface area contributed by atoms with Crippen molar-refractivity contribution in [1.82, 2.24) is 15.4 Å². The molecule has 2 aromatic heterocycles. The first-order chi connectivity index (χ1) is 9.65. The van der Waals surface area contributed by atoms with E-state index in [9.17, 15) is 9.59 Å². The van der Waals surface area contributed by atoms with E-state index in [4.69, 9.17) is 5.11 Å². The maximum absolute atomic E-state index is 11.8. The quantitative estimate of drug-likeness (QED) is 0.743. The molecule has 0 atom stereocenters. The lowest BCUT2D eigenvalue weighted by molar-refractivity contribution is -0.753. The molecule has 0 bridgehead atoms. The summed E-state index contributed by atoms with van der Waals surface area (Å²) in [5.41, 5.74) is 0.424. The van der Waals surface area contributed by atoms with Crippen molar-refractivity contribution in [3.63, 3.8) is 0 Å². The van der Waals surface area contributed by atoms with Crippen LogP contribution in [0.15, 0.2) is 30.0 Å². The van der Waals surface area contributed by atoms with E-state index in [2.05, 4.69) is 15.4 Å². The van der Waals surface area contributed by atoms with Crippen LogP contribution in [0.5, 0.6) is 0 Å². The minimum atomic E-state index is -0.885. The van der Waals surface area contributed by atoms with Crippen LogP contribution in [0.4, 0.5) is 0 Å². The van der Waals surface area contributed by atoms with Gasteiger partial charge in [0.1, 0.15) is 17.6 Å². The zero-order valence-corrected chi connectivity index (χ0v) is 11.3. The summed E-state index contributed by atoms with van der Waals surface area (Å²) in [6, 6.07) is 1.60. The molecule has 20 heavy (non-hydrogen) atoms. The molecule has 0 unspecified atom stereocenters. The molecule has 1 amide bonds. The molecule has 0 fully saturated rings. The maximum atomic E-state index is 11.8. The fourth-order valence-electron chi connectivity index (χ4n) is 1.46. The van der Waals surface area contributed by atoms with Gasteiger partial charge in [-0.15, -0.1) is 11.3 Å². The van der Waals surface area contributed by atoms with Gasteiger partial charge in [-0.2, -0.15) is 0 Å². The van der Waals surface area contributed by atoms with Gasteiger partial charge in [-0.3, -0.25) is 9.59 Å². The molecule has 104 valence electrons. The van der Waals surface area contributed by atoms with Crippen molar-refractivity contribution in [2.24, 2.45) is 0 Å². The maximum Gasteiger partial charge on any atom is 0.309 e. The van der Waals surface area contributed by atoms with Gasteiger partial charge < -0.3 is 10.4 Å². The van der Waals surface area contributed by atoms with Crippen molar-refractivity contribution in [2.75, 3.05) is 0 Å². The van der Waals surface area contributed by atoms with Crippen molar-refractivity contribution in [3.8, 4) is 0 Å². The van der Waals surface area contributed by atoms with Gasteiger partial charge in [0.05, 0.1) is 12.1 Å². The number of aromatic nitrogens is 3. The summed E-state index contributed by atoms with van der Waals surface area (Å²) in [5.74, 6) is -1.12. The standard InChI is InChI=1S/C12H12N4O3S/c17-11(18)2-5-16-4-1-9(7-15-16)12(19)14-8-10-13-3-6-20-10/h1,3-4,6-7H,2,5,8H2,(H-,14,17,18,19)/p+1. The highest BCUT2D eigenvalue weighted by Gasteiger charge is 2.11. The Hall–Kier alpha value is -2.35. The first-order valence-electron chi connectivity index (χ1n) is 5.89. The monoisotopic (exact) mass is 293 g/mol. The summed E-state index contributed by atoms with van der Waals surface area (Å²) in [6.07, 6.45) is 4.68. The topological polar surface area (TPSA) is 96.1 Å². The second kappa shape index (κ2) is 6.71. The van der Waals surface area contributed by atoms with Crippen LogP contribution >= 0.6 is 11.3 Å². The number of hydrogen-bond donors (Lipinski definition) is 2. The third-order valence-corrected chi connectivity index (χ3v) is 3.25. The summed E-state index contributed by atoms with van der Waals surface area (Å²) >= 11 is 1.47. The Balaban J connectivity index is 1.88. The lowest BCUT2D eigenvalue weighted by Gasteiger charge is -2.01. The van der Waals surface area contributed by atoms with Crippen LogP contribution in [-0.4, -0.2) is 27.1 Å². The molecule has 7 nitrogen and oxygen atoms in total. The number of aryl methyl sites for hydroxylation is 1. The minimum absolute atomic E-state index is 0.00669. The Bertz CT molecular complexity index is 583. The number of carboxylic acids is 1. The number of carbonyl (C=O) groups excluding carboxylic acids is 1. The molecule has 0 radical (unpaired) electrons. The summed E-state index contributed by atoms with van der Waals surface area (Å²) in [5, 5.41) is 18.0. The number of carbonyl (C=O) groups is 2. The average Bonchev–Trinajstić information content (AvgIpc) is 2.96. The van der Waals surface area contributed by atoms with E-state index in [-0.39, 0.29) is 18.9 Å². The number of aliphatic carboxylic acids is 1. The predicted octanol–water partition coefficient (Wildman–Crippen LogP) is 0.230. The molecule has 2 heterocycles. The Kier molecular flexibility index (Phi) is 4.72. The van der Waals surface area contributed by atoms with E-state index in [0.717, 1.165) is 5.01 Å². The third-order valence-electron chi connectivity index (χ3n) is 2.47. The van der Waals surface area contributed by atoms with Gasteiger partial charge in [-0.25, -0.2) is 4.98 Å². The SMILES string of the molecule is O=C(O)CC[n+]1ccc(C(=O)NCc2nccs2)cn1. The first-order valence-corrected chi connectivity index (χ1v) is 6.77. The number of hydrogen-bond acceptors (Lipinski definition) is 5. The molecule has 0 aliphatic heterocycles. The van der Waals surface area contributed by atoms with E-state index in [1.165, 1.54) is 22.2 Å². The fraction of sp³-hybridized carbons (Fsp3) is 0.250. The van der Waals surface area contributed by atoms with Crippen molar-refractivity contribution < 1.29 is 19.4 Å². The summed E-state index contributed by atoms with van der Waals surface area (Å²) in [6.45, 7) is 0.654. The molecule has 2 N–H and O–H groups in total. The van der Waals surface area contributed by atoms with E-state index in [1.807, 2.05) is 5.38 Å². The molecule has 0 aliphatic rings. The first kappa shape index (κ1) is 14.1. The van der Waals surface area contributed by atoms with Gasteiger partial charge >= 0.3 is 5.97 Å². The van der Waals surface area contributed by atoms with Gasteiger partial charge in [-0.05, 0) is 5.10 Å². The highest BCUT2D eigenvalue weighted by molar-refractivity contribution is 7.09. The van der Waals surface area contributed by atoms with Crippen molar-refractivity contribution >= 4 is 23.2 Å². The molecular weight excluding hydrogens is 280 g/mol. The summed E-state index contributed by atoms with van der Waals surface area (Å²) in [4.78, 5) is 26.3. The summed E-state index contributed by atoms with van der Waals surface area (Å²) < 4.78 is 1.48. The van der Waals surface area contributed by atoms with E-state index < -0.39 is 5.97 Å². The highest BCUT2D eigenvalue weighted by Crippen LogP contribution is 2.03. The molecular formula is C12H13N4O3S+. The molecule has 0 aromatic carbocycles. The Morgan fingerprint density at radius 3 is 2.90 bits per heavy atom. The normalized spacial score (nSPS) is 10.2. The molecule has 0 saturated heterocycles. The number of rotatable bonds is 6. The second-order valence-corrected chi connectivity index (χ2v) is 4.91. The van der Waals surface area contributed by atoms with Crippen molar-refractivity contribution in [2.45, 2.75) is 19.5 Å². The van der Waals surface area contributed by atoms with Crippen LogP contribution in [-0.2, 0) is 17.9 Å². The van der Waals surface area contributed by atoms with Gasteiger partial charge in [0.25, 0.3) is 5.91 Å². The number of nitrogens with zero attached hydrogens (tertiary/aromatic N) is 3. The van der Waals surface area contributed by atoms with Crippen molar-refractivity contribution in [1.29, 1.82) is 0 Å². The average molecular weight is 293 g/mol. The molecule has 0 spiro atoms. The fourth-order valence-corrected chi connectivity index (χ4v) is 2.02. The van der Waals surface area contributed by atoms with E-state index in [1.54, 1.807) is 18.5 Å². The molecule has 0 saturated carbocycles. The lowest BCUT2D eigenvalue weighted by Crippen LogP contribution is -2.39. The third kappa shape index (κ3) is 4.09. The largest absolute Gasteiger partial charge is 0.481 e. The Labute approximate surface area is 118 Å². The second-order valence-electron chi connectivity index (χ2n) is 3.93. The molecule has 2 rings (SSSR count). The van der Waals surface area contributed by atoms with Gasteiger partial charge in [0, 0.05) is 17.6 Å². The summed E-state index contributed by atoms with van der Waals surface area (Å²) in [7, 11) is 0. The van der Waals surface area contributed by atoms with Crippen LogP contribution in [0.25, 0.3) is 0 Å². The highest BCUT2D eigenvalue weighted by atomic mass is 32.1. The minimum Gasteiger partial charge on any atom is -0.481 e. The predicted molar refractivity (Wildman–Crippen MR) is 70.0 cm³/mol. The lowest BCUT2D eigenvalue weighted by atomic mass is 10.3.